The number of carbonyl (C=O) groups is 1. The van der Waals surface area contributed by atoms with Gasteiger partial charge in [-0.15, -0.1) is 0 Å². The van der Waals surface area contributed by atoms with Crippen molar-refractivity contribution in [3.8, 4) is 0 Å². The second kappa shape index (κ2) is 4.26. The first-order chi connectivity index (χ1) is 8.28. The molecule has 0 heterocycles. The maximum absolute atomic E-state index is 11.9. The van der Waals surface area contributed by atoms with Gasteiger partial charge < -0.3 is 0 Å². The van der Waals surface area contributed by atoms with Gasteiger partial charge in [-0.05, 0) is 47.2 Å². The minimum absolute atomic E-state index is 0.189. The summed E-state index contributed by atoms with van der Waals surface area (Å²) in [5, 5.41) is 0. The summed E-state index contributed by atoms with van der Waals surface area (Å²) in [6, 6.07) is 6.33. The summed E-state index contributed by atoms with van der Waals surface area (Å²) in [7, 11) is 1.93. The predicted octanol–water partition coefficient (Wildman–Crippen LogP) is 3.27. The van der Waals surface area contributed by atoms with Gasteiger partial charge in [0.25, 0.3) is 0 Å². The van der Waals surface area contributed by atoms with Gasteiger partial charge in [-0.25, -0.2) is 0 Å². The van der Waals surface area contributed by atoms with Gasteiger partial charge in [-0.2, -0.15) is 0 Å². The van der Waals surface area contributed by atoms with Crippen LogP contribution in [0.4, 0.5) is 0 Å². The number of Topliss-reactive ketones (excluding diaryl/α,β-unsaturated/α-hetero) is 1. The highest BCUT2D eigenvalue weighted by Crippen LogP contribution is 2.45. The van der Waals surface area contributed by atoms with Crippen LogP contribution in [0.15, 0.2) is 18.2 Å². The molecule has 0 saturated heterocycles. The second-order valence-electron chi connectivity index (χ2n) is 6.80. The van der Waals surface area contributed by atoms with E-state index >= 15 is 0 Å². The topological polar surface area (TPSA) is 17.1 Å². The minimum Gasteiger partial charge on any atom is -0.295 e. The molecule has 0 aromatic heterocycles. The van der Waals surface area contributed by atoms with E-state index in [0.717, 1.165) is 5.56 Å². The van der Waals surface area contributed by atoms with Crippen LogP contribution < -0.4 is 0 Å². The van der Waals surface area contributed by atoms with Gasteiger partial charge >= 0.3 is 0 Å². The van der Waals surface area contributed by atoms with E-state index in [2.05, 4.69) is 39.8 Å². The summed E-state index contributed by atoms with van der Waals surface area (Å²) in [6.07, 6.45) is 2.99. The summed E-state index contributed by atoms with van der Waals surface area (Å²) >= 11 is 0. The minimum atomic E-state index is 0.189. The Kier molecular flexibility index (Phi) is 3.17. The van der Waals surface area contributed by atoms with E-state index < -0.39 is 0 Å². The van der Waals surface area contributed by atoms with Gasteiger partial charge in [0.05, 0.1) is 0 Å². The molecule has 0 bridgehead atoms. The third kappa shape index (κ3) is 2.13. The standard InChI is InChI=1S/C16H23BO/c1-15(2)7-8-16(3,4)13-9-11(14(18)10-17)5-6-12(13)15/h5-6,9H,7-8,10,17H2,1-4H3. The van der Waals surface area contributed by atoms with Crippen LogP contribution in [0.5, 0.6) is 0 Å². The number of benzene rings is 1. The maximum Gasteiger partial charge on any atom is 0.155 e. The van der Waals surface area contributed by atoms with Crippen molar-refractivity contribution in [1.82, 2.24) is 0 Å². The highest BCUT2D eigenvalue weighted by atomic mass is 16.1. The van der Waals surface area contributed by atoms with Gasteiger partial charge in [0, 0.05) is 5.56 Å². The summed E-state index contributed by atoms with van der Waals surface area (Å²) < 4.78 is 0. The zero-order valence-corrected chi connectivity index (χ0v) is 12.3. The highest BCUT2D eigenvalue weighted by Gasteiger charge is 2.37. The van der Waals surface area contributed by atoms with Gasteiger partial charge in [-0.3, -0.25) is 4.79 Å². The van der Waals surface area contributed by atoms with E-state index in [1.165, 1.54) is 24.0 Å². The zero-order chi connectivity index (χ0) is 13.6. The first-order valence-electron chi connectivity index (χ1n) is 6.96. The van der Waals surface area contributed by atoms with E-state index in [1.54, 1.807) is 0 Å². The van der Waals surface area contributed by atoms with Crippen LogP contribution in [-0.2, 0) is 10.8 Å². The van der Waals surface area contributed by atoms with Crippen molar-refractivity contribution < 1.29 is 4.79 Å². The molecule has 2 rings (SSSR count). The molecular formula is C16H23BO. The monoisotopic (exact) mass is 242 g/mol. The van der Waals surface area contributed by atoms with Crippen LogP contribution in [0.25, 0.3) is 0 Å². The average molecular weight is 242 g/mol. The fourth-order valence-electron chi connectivity index (χ4n) is 2.97. The third-order valence-electron chi connectivity index (χ3n) is 4.50. The lowest BCUT2D eigenvalue weighted by atomic mass is 9.63. The quantitative estimate of drug-likeness (QED) is 0.574. The van der Waals surface area contributed by atoms with E-state index in [9.17, 15) is 4.79 Å². The second-order valence-corrected chi connectivity index (χ2v) is 6.80. The number of hydrogen-bond acceptors (Lipinski definition) is 1. The van der Waals surface area contributed by atoms with Crippen molar-refractivity contribution in [2.45, 2.75) is 57.7 Å². The molecule has 1 nitrogen and oxygen atoms in total. The highest BCUT2D eigenvalue weighted by molar-refractivity contribution is 6.24. The fraction of sp³-hybridized carbons (Fsp3) is 0.562. The van der Waals surface area contributed by atoms with Gasteiger partial charge in [0.2, 0.25) is 0 Å². The molecule has 1 aliphatic carbocycles. The lowest BCUT2D eigenvalue weighted by molar-refractivity contribution is 0.101. The molecule has 0 aliphatic heterocycles. The molecule has 1 aromatic carbocycles. The number of fused-ring (bicyclic) bond motifs is 1. The van der Waals surface area contributed by atoms with Gasteiger partial charge in [-0.1, -0.05) is 39.8 Å². The summed E-state index contributed by atoms with van der Waals surface area (Å²) in [6.45, 7) is 9.20. The van der Waals surface area contributed by atoms with Gasteiger partial charge in [0.1, 0.15) is 7.85 Å². The van der Waals surface area contributed by atoms with Crippen molar-refractivity contribution in [3.63, 3.8) is 0 Å². The van der Waals surface area contributed by atoms with Crippen LogP contribution in [-0.4, -0.2) is 13.6 Å². The molecule has 2 heteroatoms. The maximum atomic E-state index is 11.9. The molecule has 0 atom stereocenters. The molecular weight excluding hydrogens is 219 g/mol. The molecule has 0 spiro atoms. The van der Waals surface area contributed by atoms with E-state index in [-0.39, 0.29) is 16.6 Å². The Balaban J connectivity index is 2.58. The molecule has 0 fully saturated rings. The molecule has 18 heavy (non-hydrogen) atoms. The summed E-state index contributed by atoms with van der Waals surface area (Å²) in [5.74, 6) is 0.247. The number of ketones is 1. The molecule has 96 valence electrons. The average Bonchev–Trinajstić information content (AvgIpc) is 2.34. The first kappa shape index (κ1) is 13.4. The molecule has 0 N–H and O–H groups in total. The van der Waals surface area contributed by atoms with E-state index in [0.29, 0.717) is 6.32 Å². The predicted molar refractivity (Wildman–Crippen MR) is 79.4 cm³/mol. The Morgan fingerprint density at radius 2 is 1.67 bits per heavy atom. The third-order valence-corrected chi connectivity index (χ3v) is 4.50. The normalized spacial score (nSPS) is 20.2. The van der Waals surface area contributed by atoms with Crippen molar-refractivity contribution in [2.24, 2.45) is 0 Å². The number of carbonyl (C=O) groups excluding carboxylic acids is 1. The van der Waals surface area contributed by atoms with Crippen molar-refractivity contribution in [3.05, 3.63) is 34.9 Å². The Morgan fingerprint density at radius 1 is 1.11 bits per heavy atom. The lowest BCUT2D eigenvalue weighted by Crippen LogP contribution is -2.34. The van der Waals surface area contributed by atoms with Crippen molar-refractivity contribution in [1.29, 1.82) is 0 Å². The Hall–Kier alpha value is -1.05. The van der Waals surface area contributed by atoms with Crippen LogP contribution in [0, 0.1) is 0 Å². The smallest absolute Gasteiger partial charge is 0.155 e. The molecule has 0 unspecified atom stereocenters. The van der Waals surface area contributed by atoms with E-state index in [4.69, 9.17) is 0 Å². The van der Waals surface area contributed by atoms with Crippen LogP contribution in [0.3, 0.4) is 0 Å². The first-order valence-corrected chi connectivity index (χ1v) is 6.96. The molecule has 1 aliphatic rings. The van der Waals surface area contributed by atoms with E-state index in [1.807, 2.05) is 13.9 Å². The number of hydrogen-bond donors (Lipinski definition) is 0. The fourth-order valence-corrected chi connectivity index (χ4v) is 2.97. The van der Waals surface area contributed by atoms with Crippen LogP contribution in [0.1, 0.15) is 62.0 Å². The molecule has 0 radical (unpaired) electrons. The van der Waals surface area contributed by atoms with Crippen LogP contribution >= 0.6 is 0 Å². The number of rotatable bonds is 2. The Morgan fingerprint density at radius 3 is 2.22 bits per heavy atom. The summed E-state index contributed by atoms with van der Waals surface area (Å²) in [4.78, 5) is 11.9. The van der Waals surface area contributed by atoms with Gasteiger partial charge in [0.15, 0.2) is 5.78 Å². The SMILES string of the molecule is BCC(=O)c1ccc2c(c1)C(C)(C)CCC2(C)C. The van der Waals surface area contributed by atoms with Crippen molar-refractivity contribution >= 4 is 13.6 Å². The molecule has 0 saturated carbocycles. The van der Waals surface area contributed by atoms with Crippen LogP contribution in [0.2, 0.25) is 6.32 Å². The summed E-state index contributed by atoms with van der Waals surface area (Å²) in [5.41, 5.74) is 4.10. The largest absolute Gasteiger partial charge is 0.295 e. The molecule has 1 aromatic rings. The van der Waals surface area contributed by atoms with Crippen molar-refractivity contribution in [2.75, 3.05) is 0 Å². The molecule has 0 amide bonds. The zero-order valence-electron chi connectivity index (χ0n) is 12.3. The Labute approximate surface area is 111 Å². The Bertz CT molecular complexity index is 486. The lowest BCUT2D eigenvalue weighted by Gasteiger charge is -2.42.